The van der Waals surface area contributed by atoms with Crippen LogP contribution in [0.2, 0.25) is 0 Å². The number of alkyl halides is 3. The minimum Gasteiger partial charge on any atom is -0.325 e. The van der Waals surface area contributed by atoms with Crippen LogP contribution >= 0.6 is 24.8 Å². The van der Waals surface area contributed by atoms with Gasteiger partial charge in [0.05, 0.1) is 12.1 Å². The van der Waals surface area contributed by atoms with Gasteiger partial charge in [0, 0.05) is 31.9 Å². The van der Waals surface area contributed by atoms with Crippen molar-refractivity contribution in [3.05, 3.63) is 29.8 Å². The molecule has 1 aliphatic rings. The van der Waals surface area contributed by atoms with Crippen molar-refractivity contribution in [2.24, 2.45) is 0 Å². The Balaban J connectivity index is 0.00000220. The second kappa shape index (κ2) is 9.19. The van der Waals surface area contributed by atoms with E-state index in [-0.39, 0.29) is 37.3 Å². The maximum Gasteiger partial charge on any atom is 0.416 e. The van der Waals surface area contributed by atoms with Gasteiger partial charge in [0.1, 0.15) is 0 Å². The first-order valence-electron chi connectivity index (χ1n) is 6.35. The van der Waals surface area contributed by atoms with Gasteiger partial charge in [-0.05, 0) is 24.3 Å². The number of carbonyl (C=O) groups is 1. The van der Waals surface area contributed by atoms with E-state index in [9.17, 15) is 18.0 Å². The van der Waals surface area contributed by atoms with E-state index in [0.717, 1.165) is 38.3 Å². The van der Waals surface area contributed by atoms with Crippen LogP contribution in [0.4, 0.5) is 18.9 Å². The first-order valence-corrected chi connectivity index (χ1v) is 6.35. The van der Waals surface area contributed by atoms with Gasteiger partial charge in [-0.15, -0.1) is 24.8 Å². The Hall–Kier alpha value is -1.02. The molecule has 1 fully saturated rings. The molecule has 4 nitrogen and oxygen atoms in total. The number of hydrogen-bond acceptors (Lipinski definition) is 3. The van der Waals surface area contributed by atoms with Crippen LogP contribution < -0.4 is 10.6 Å². The predicted octanol–water partition coefficient (Wildman–Crippen LogP) is 2.39. The monoisotopic (exact) mass is 359 g/mol. The summed E-state index contributed by atoms with van der Waals surface area (Å²) in [5.41, 5.74) is -0.351. The third-order valence-corrected chi connectivity index (χ3v) is 3.07. The highest BCUT2D eigenvalue weighted by atomic mass is 35.5. The van der Waals surface area contributed by atoms with Gasteiger partial charge >= 0.3 is 6.18 Å². The molecule has 126 valence electrons. The number of carbonyl (C=O) groups excluding carboxylic acids is 1. The second-order valence-electron chi connectivity index (χ2n) is 4.65. The van der Waals surface area contributed by atoms with Crippen molar-refractivity contribution >= 4 is 36.4 Å². The molecule has 9 heteroatoms. The number of rotatable bonds is 3. The van der Waals surface area contributed by atoms with E-state index in [1.54, 1.807) is 0 Å². The van der Waals surface area contributed by atoms with Gasteiger partial charge in [0.15, 0.2) is 0 Å². The van der Waals surface area contributed by atoms with E-state index in [1.165, 1.54) is 12.1 Å². The summed E-state index contributed by atoms with van der Waals surface area (Å²) in [6, 6.07) is 4.44. The molecule has 0 radical (unpaired) electrons. The zero-order chi connectivity index (χ0) is 14.6. The molecule has 0 aromatic heterocycles. The highest BCUT2D eigenvalue weighted by molar-refractivity contribution is 5.92. The Kier molecular flexibility index (Phi) is 8.77. The number of piperazine rings is 1. The van der Waals surface area contributed by atoms with Crippen molar-refractivity contribution in [2.45, 2.75) is 6.18 Å². The van der Waals surface area contributed by atoms with Gasteiger partial charge in [-0.2, -0.15) is 13.2 Å². The molecule has 0 aliphatic carbocycles. The van der Waals surface area contributed by atoms with Crippen molar-refractivity contribution in [3.8, 4) is 0 Å². The molecule has 1 aromatic rings. The highest BCUT2D eigenvalue weighted by Gasteiger charge is 2.30. The van der Waals surface area contributed by atoms with Crippen LogP contribution in [0.5, 0.6) is 0 Å². The zero-order valence-corrected chi connectivity index (χ0v) is 13.3. The normalized spacial score (nSPS) is 15.4. The molecule has 0 unspecified atom stereocenters. The van der Waals surface area contributed by atoms with Crippen molar-refractivity contribution in [1.82, 2.24) is 10.2 Å². The molecule has 2 rings (SSSR count). The molecule has 0 atom stereocenters. The van der Waals surface area contributed by atoms with Gasteiger partial charge < -0.3 is 10.6 Å². The van der Waals surface area contributed by atoms with Gasteiger partial charge in [-0.25, -0.2) is 0 Å². The first-order chi connectivity index (χ1) is 9.45. The van der Waals surface area contributed by atoms with E-state index in [4.69, 9.17) is 0 Å². The Bertz CT molecular complexity index is 463. The summed E-state index contributed by atoms with van der Waals surface area (Å²) >= 11 is 0. The van der Waals surface area contributed by atoms with Crippen LogP contribution in [0, 0.1) is 0 Å². The molecule has 1 aliphatic heterocycles. The van der Waals surface area contributed by atoms with Crippen LogP contribution in [0.1, 0.15) is 5.56 Å². The van der Waals surface area contributed by atoms with E-state index in [0.29, 0.717) is 5.69 Å². The van der Waals surface area contributed by atoms with Gasteiger partial charge in [-0.3, -0.25) is 9.69 Å². The Labute approximate surface area is 139 Å². The van der Waals surface area contributed by atoms with E-state index in [1.807, 2.05) is 4.90 Å². The fourth-order valence-corrected chi connectivity index (χ4v) is 2.02. The number of anilines is 1. The fraction of sp³-hybridized carbons (Fsp3) is 0.462. The van der Waals surface area contributed by atoms with Crippen molar-refractivity contribution in [3.63, 3.8) is 0 Å². The Morgan fingerprint density at radius 1 is 1.14 bits per heavy atom. The van der Waals surface area contributed by atoms with Gasteiger partial charge in [0.25, 0.3) is 0 Å². The molecule has 0 saturated carbocycles. The number of nitrogens with zero attached hydrogens (tertiary/aromatic N) is 1. The maximum absolute atomic E-state index is 12.4. The molecule has 22 heavy (non-hydrogen) atoms. The van der Waals surface area contributed by atoms with Crippen molar-refractivity contribution in [2.75, 3.05) is 38.0 Å². The van der Waals surface area contributed by atoms with Crippen molar-refractivity contribution < 1.29 is 18.0 Å². The third kappa shape index (κ3) is 6.39. The molecule has 1 saturated heterocycles. The van der Waals surface area contributed by atoms with Gasteiger partial charge in [-0.1, -0.05) is 0 Å². The molecule has 1 aromatic carbocycles. The lowest BCUT2D eigenvalue weighted by atomic mass is 10.2. The summed E-state index contributed by atoms with van der Waals surface area (Å²) in [6.07, 6.45) is -4.36. The first kappa shape index (κ1) is 21.0. The topological polar surface area (TPSA) is 44.4 Å². The quantitative estimate of drug-likeness (QED) is 0.870. The van der Waals surface area contributed by atoms with Gasteiger partial charge in [0.2, 0.25) is 5.91 Å². The highest BCUT2D eigenvalue weighted by Crippen LogP contribution is 2.29. The largest absolute Gasteiger partial charge is 0.416 e. The standard InChI is InChI=1S/C13H16F3N3O.2ClH/c14-13(15,16)10-1-3-11(4-2-10)18-12(20)9-19-7-5-17-6-8-19;;/h1-4,17H,5-9H2,(H,18,20);2*1H. The number of halogens is 5. The lowest BCUT2D eigenvalue weighted by Gasteiger charge is -2.26. The minimum absolute atomic E-state index is 0. The zero-order valence-electron chi connectivity index (χ0n) is 11.7. The number of amides is 1. The van der Waals surface area contributed by atoms with Crippen LogP contribution in [-0.2, 0) is 11.0 Å². The summed E-state index contributed by atoms with van der Waals surface area (Å²) < 4.78 is 37.2. The lowest BCUT2D eigenvalue weighted by molar-refractivity contribution is -0.137. The number of nitrogens with one attached hydrogen (secondary N) is 2. The molecular weight excluding hydrogens is 342 g/mol. The molecule has 1 amide bonds. The Morgan fingerprint density at radius 3 is 2.18 bits per heavy atom. The molecular formula is C13H18Cl2F3N3O. The predicted molar refractivity (Wildman–Crippen MR) is 83.9 cm³/mol. The number of benzene rings is 1. The van der Waals surface area contributed by atoms with Crippen molar-refractivity contribution in [1.29, 1.82) is 0 Å². The van der Waals surface area contributed by atoms with Crippen LogP contribution in [0.15, 0.2) is 24.3 Å². The summed E-state index contributed by atoms with van der Waals surface area (Å²) in [6.45, 7) is 3.52. The SMILES string of the molecule is Cl.Cl.O=C(CN1CCNCC1)Nc1ccc(C(F)(F)F)cc1. The minimum atomic E-state index is -4.36. The van der Waals surface area contributed by atoms with Crippen LogP contribution in [0.3, 0.4) is 0 Å². The average Bonchev–Trinajstić information content (AvgIpc) is 2.39. The summed E-state index contributed by atoms with van der Waals surface area (Å²) in [5, 5.41) is 5.78. The Morgan fingerprint density at radius 2 is 1.68 bits per heavy atom. The molecule has 1 heterocycles. The fourth-order valence-electron chi connectivity index (χ4n) is 2.02. The molecule has 0 bridgehead atoms. The summed E-state index contributed by atoms with van der Waals surface area (Å²) in [7, 11) is 0. The van der Waals surface area contributed by atoms with Crippen LogP contribution in [-0.4, -0.2) is 43.5 Å². The average molecular weight is 360 g/mol. The summed E-state index contributed by atoms with van der Waals surface area (Å²) in [5.74, 6) is -0.216. The lowest BCUT2D eigenvalue weighted by Crippen LogP contribution is -2.46. The van der Waals surface area contributed by atoms with E-state index in [2.05, 4.69) is 10.6 Å². The smallest absolute Gasteiger partial charge is 0.325 e. The summed E-state index contributed by atoms with van der Waals surface area (Å²) in [4.78, 5) is 13.8. The number of hydrogen-bond donors (Lipinski definition) is 2. The molecule has 2 N–H and O–H groups in total. The molecule has 0 spiro atoms. The second-order valence-corrected chi connectivity index (χ2v) is 4.65. The third-order valence-electron chi connectivity index (χ3n) is 3.07. The van der Waals surface area contributed by atoms with E-state index >= 15 is 0 Å². The van der Waals surface area contributed by atoms with Crippen LogP contribution in [0.25, 0.3) is 0 Å². The van der Waals surface area contributed by atoms with E-state index < -0.39 is 11.7 Å². The maximum atomic E-state index is 12.4.